The number of rotatable bonds is 6. The van der Waals surface area contributed by atoms with Gasteiger partial charge in [-0.1, -0.05) is 12.1 Å². The summed E-state index contributed by atoms with van der Waals surface area (Å²) in [6, 6.07) is 7.78. The number of allylic oxidation sites excluding steroid dienone is 1. The summed E-state index contributed by atoms with van der Waals surface area (Å²) in [7, 11) is 3.38. The van der Waals surface area contributed by atoms with Crippen LogP contribution in [0.2, 0.25) is 0 Å². The van der Waals surface area contributed by atoms with Crippen molar-refractivity contribution in [2.24, 2.45) is 9.98 Å². The fraction of sp³-hybridized carbons (Fsp3) is 0.414. The molecule has 3 aliphatic heterocycles. The number of nitrogens with zero attached hydrogens (tertiary/aromatic N) is 5. The van der Waals surface area contributed by atoms with Crippen molar-refractivity contribution in [3.63, 3.8) is 0 Å². The number of likely N-dealkylation sites (tertiary alicyclic amines) is 1. The van der Waals surface area contributed by atoms with Gasteiger partial charge in [-0.15, -0.1) is 0 Å². The number of amides is 3. The van der Waals surface area contributed by atoms with Gasteiger partial charge in [0.2, 0.25) is 0 Å². The molecule has 0 unspecified atom stereocenters. The van der Waals surface area contributed by atoms with Crippen LogP contribution in [0.15, 0.2) is 58.5 Å². The Morgan fingerprint density at radius 2 is 1.82 bits per heavy atom. The summed E-state index contributed by atoms with van der Waals surface area (Å²) in [5.74, 6) is -0.195. The van der Waals surface area contributed by atoms with Crippen molar-refractivity contribution >= 4 is 29.0 Å². The first-order chi connectivity index (χ1) is 18.5. The lowest BCUT2D eigenvalue weighted by Gasteiger charge is -2.20. The molecule has 2 aromatic rings. The molecule has 1 fully saturated rings. The molecule has 3 amide bonds. The molecular formula is C29H35N7O2. The first kappa shape index (κ1) is 25.8. The molecule has 1 saturated heterocycles. The molecule has 3 aliphatic rings. The van der Waals surface area contributed by atoms with Crippen LogP contribution in [0.5, 0.6) is 0 Å². The van der Waals surface area contributed by atoms with Crippen LogP contribution in [-0.4, -0.2) is 78.4 Å². The highest BCUT2D eigenvalue weighted by atomic mass is 16.2. The highest BCUT2D eigenvalue weighted by Gasteiger charge is 2.23. The van der Waals surface area contributed by atoms with Crippen LogP contribution in [0.25, 0.3) is 11.1 Å². The summed E-state index contributed by atoms with van der Waals surface area (Å²) in [6.45, 7) is 3.84. The minimum absolute atomic E-state index is 0.195. The van der Waals surface area contributed by atoms with E-state index in [2.05, 4.69) is 36.6 Å². The number of hydrogen-bond acceptors (Lipinski definition) is 6. The number of aryl methyl sites for hydroxylation is 1. The number of nitrogens with one attached hydrogen (secondary N) is 2. The van der Waals surface area contributed by atoms with E-state index in [1.807, 2.05) is 18.2 Å². The molecule has 4 heterocycles. The number of hydrogen-bond donors (Lipinski definition) is 2. The molecule has 0 saturated carbocycles. The van der Waals surface area contributed by atoms with E-state index in [0.717, 1.165) is 73.3 Å². The van der Waals surface area contributed by atoms with Gasteiger partial charge in [0, 0.05) is 62.1 Å². The highest BCUT2D eigenvalue weighted by Crippen LogP contribution is 2.27. The lowest BCUT2D eigenvalue weighted by molar-refractivity contribution is -0.114. The maximum atomic E-state index is 13.4. The fourth-order valence-corrected chi connectivity index (χ4v) is 5.03. The van der Waals surface area contributed by atoms with Crippen molar-refractivity contribution < 1.29 is 9.59 Å². The van der Waals surface area contributed by atoms with Crippen molar-refractivity contribution in [3.05, 3.63) is 59.7 Å². The standard InChI is InChI=1S/C29H35N7O2/c1-35(2)29(38)34-25-14-22(16-30-17-25)21-8-7-20-6-5-11-31-27(26(20)15-21)28(37)33-23-9-10-24(32-18-23)19-36-12-3-4-13-36/h7-8,14-18H,3-6,9-13,19H2,1-2H3,(H,33,37)(H,34,38). The third-order valence-corrected chi connectivity index (χ3v) is 7.15. The first-order valence-electron chi connectivity index (χ1n) is 13.4. The molecule has 1 aromatic heterocycles. The fourth-order valence-electron chi connectivity index (χ4n) is 5.03. The van der Waals surface area contributed by atoms with Gasteiger partial charge in [-0.05, 0) is 74.9 Å². The van der Waals surface area contributed by atoms with E-state index in [0.29, 0.717) is 17.9 Å². The van der Waals surface area contributed by atoms with E-state index in [4.69, 9.17) is 0 Å². The van der Waals surface area contributed by atoms with Gasteiger partial charge in [0.25, 0.3) is 5.91 Å². The van der Waals surface area contributed by atoms with Crippen molar-refractivity contribution in [3.8, 4) is 11.1 Å². The number of aliphatic imine (C=N–C) groups is 2. The van der Waals surface area contributed by atoms with Gasteiger partial charge in [0.05, 0.1) is 11.9 Å². The summed E-state index contributed by atoms with van der Waals surface area (Å²) in [5, 5.41) is 5.91. The van der Waals surface area contributed by atoms with E-state index in [9.17, 15) is 9.59 Å². The van der Waals surface area contributed by atoms with Gasteiger partial charge in [-0.2, -0.15) is 0 Å². The number of carbonyl (C=O) groups is 2. The third-order valence-electron chi connectivity index (χ3n) is 7.15. The number of benzene rings is 1. The predicted molar refractivity (Wildman–Crippen MR) is 151 cm³/mol. The van der Waals surface area contributed by atoms with Crippen molar-refractivity contribution in [2.75, 3.05) is 45.6 Å². The Balaban J connectivity index is 1.34. The minimum atomic E-state index is -0.221. The van der Waals surface area contributed by atoms with Crippen molar-refractivity contribution in [2.45, 2.75) is 38.5 Å². The number of carbonyl (C=O) groups excluding carboxylic acids is 2. The number of fused-ring (bicyclic) bond motifs is 1. The Morgan fingerprint density at radius 3 is 2.58 bits per heavy atom. The predicted octanol–water partition coefficient (Wildman–Crippen LogP) is 3.87. The summed E-state index contributed by atoms with van der Waals surface area (Å²) >= 11 is 0. The molecule has 2 N–H and O–H groups in total. The molecule has 0 aliphatic carbocycles. The number of aromatic nitrogens is 1. The van der Waals surface area contributed by atoms with Gasteiger partial charge in [-0.3, -0.25) is 24.7 Å². The summed E-state index contributed by atoms with van der Waals surface area (Å²) in [4.78, 5) is 43.1. The maximum Gasteiger partial charge on any atom is 0.321 e. The van der Waals surface area contributed by atoms with Crippen LogP contribution in [0.4, 0.5) is 10.5 Å². The van der Waals surface area contributed by atoms with Gasteiger partial charge < -0.3 is 15.5 Å². The molecule has 0 atom stereocenters. The molecule has 5 rings (SSSR count). The monoisotopic (exact) mass is 513 g/mol. The lowest BCUT2D eigenvalue weighted by Crippen LogP contribution is -2.33. The van der Waals surface area contributed by atoms with E-state index in [-0.39, 0.29) is 11.9 Å². The summed E-state index contributed by atoms with van der Waals surface area (Å²) in [6.07, 6.45) is 11.1. The number of urea groups is 1. The van der Waals surface area contributed by atoms with Gasteiger partial charge in [0.15, 0.2) is 0 Å². The topological polar surface area (TPSA) is 102 Å². The quantitative estimate of drug-likeness (QED) is 0.612. The van der Waals surface area contributed by atoms with Gasteiger partial charge in [0.1, 0.15) is 5.71 Å². The molecule has 198 valence electrons. The molecule has 38 heavy (non-hydrogen) atoms. The van der Waals surface area contributed by atoms with Crippen LogP contribution in [0, 0.1) is 0 Å². The Bertz CT molecular complexity index is 1310. The van der Waals surface area contributed by atoms with Crippen LogP contribution in [-0.2, 0) is 11.2 Å². The Morgan fingerprint density at radius 1 is 0.974 bits per heavy atom. The van der Waals surface area contributed by atoms with Crippen LogP contribution >= 0.6 is 0 Å². The Hall–Kier alpha value is -3.85. The van der Waals surface area contributed by atoms with E-state index in [1.165, 1.54) is 23.5 Å². The van der Waals surface area contributed by atoms with Crippen LogP contribution in [0.3, 0.4) is 0 Å². The third kappa shape index (κ3) is 6.16. The number of anilines is 1. The molecule has 0 bridgehead atoms. The summed E-state index contributed by atoms with van der Waals surface area (Å²) in [5.41, 5.74) is 6.79. The first-order valence-corrected chi connectivity index (χ1v) is 13.4. The minimum Gasteiger partial charge on any atom is -0.331 e. The average Bonchev–Trinajstić information content (AvgIpc) is 3.33. The Labute approximate surface area is 223 Å². The van der Waals surface area contributed by atoms with Crippen LogP contribution in [0.1, 0.15) is 43.2 Å². The average molecular weight is 514 g/mol. The van der Waals surface area contributed by atoms with Crippen molar-refractivity contribution in [1.29, 1.82) is 0 Å². The second kappa shape index (κ2) is 11.7. The Kier molecular flexibility index (Phi) is 7.93. The van der Waals surface area contributed by atoms with Crippen LogP contribution < -0.4 is 10.6 Å². The zero-order valence-electron chi connectivity index (χ0n) is 22.2. The summed E-state index contributed by atoms with van der Waals surface area (Å²) < 4.78 is 0. The zero-order chi connectivity index (χ0) is 26.5. The van der Waals surface area contributed by atoms with E-state index >= 15 is 0 Å². The largest absolute Gasteiger partial charge is 0.331 e. The molecule has 1 aromatic carbocycles. The highest BCUT2D eigenvalue weighted by molar-refractivity contribution is 6.46. The zero-order valence-corrected chi connectivity index (χ0v) is 22.2. The lowest BCUT2D eigenvalue weighted by atomic mass is 9.95. The van der Waals surface area contributed by atoms with E-state index < -0.39 is 0 Å². The SMILES string of the molecule is CN(C)C(=O)Nc1cncc(-c2ccc3c(c2)C(C(=O)NC2=CN=C(CN4CCCC4)CC2)=NCCC3)c1. The molecule has 0 spiro atoms. The van der Waals surface area contributed by atoms with Crippen molar-refractivity contribution in [1.82, 2.24) is 20.1 Å². The van der Waals surface area contributed by atoms with Gasteiger partial charge >= 0.3 is 6.03 Å². The maximum absolute atomic E-state index is 13.4. The van der Waals surface area contributed by atoms with Gasteiger partial charge in [-0.25, -0.2) is 4.79 Å². The molecule has 9 nitrogen and oxygen atoms in total. The second-order valence-electron chi connectivity index (χ2n) is 10.3. The second-order valence-corrected chi connectivity index (χ2v) is 10.3. The molecule has 9 heteroatoms. The normalized spacial score (nSPS) is 17.5. The van der Waals surface area contributed by atoms with E-state index in [1.54, 1.807) is 32.7 Å². The molecular weight excluding hydrogens is 478 g/mol. The number of pyridine rings is 1. The smallest absolute Gasteiger partial charge is 0.321 e. The molecule has 0 radical (unpaired) electrons.